The van der Waals surface area contributed by atoms with Crippen LogP contribution in [-0.4, -0.2) is 26.2 Å². The summed E-state index contributed by atoms with van der Waals surface area (Å²) in [6.45, 7) is 0. The van der Waals surface area contributed by atoms with Crippen LogP contribution in [-0.2, 0) is 31.9 Å². The smallest absolute Gasteiger partial charge is 0.310 e. The fourth-order valence-electron chi connectivity index (χ4n) is 1.54. The number of fused-ring (bicyclic) bond motifs is 1. The van der Waals surface area contributed by atoms with Gasteiger partial charge in [-0.3, -0.25) is 9.59 Å². The molecule has 0 aliphatic heterocycles. The van der Waals surface area contributed by atoms with Crippen molar-refractivity contribution in [3.8, 4) is 0 Å². The van der Waals surface area contributed by atoms with E-state index in [-0.39, 0.29) is 11.9 Å². The lowest BCUT2D eigenvalue weighted by molar-refractivity contribution is -0.140. The summed E-state index contributed by atoms with van der Waals surface area (Å²) in [4.78, 5) is 24.3. The fraction of sp³-hybridized carbons (Fsp3) is 0.333. The van der Waals surface area contributed by atoms with E-state index in [9.17, 15) is 9.59 Å². The Bertz CT molecular complexity index is 503. The number of esters is 2. The molecule has 0 saturated carbocycles. The van der Waals surface area contributed by atoms with E-state index in [2.05, 4.69) is 9.47 Å². The number of ether oxygens (including phenoxy) is 2. The van der Waals surface area contributed by atoms with Gasteiger partial charge in [-0.1, -0.05) is 0 Å². The van der Waals surface area contributed by atoms with Crippen LogP contribution in [0, 0.1) is 0 Å². The molecule has 0 aliphatic carbocycles. The van der Waals surface area contributed by atoms with Gasteiger partial charge in [0.15, 0.2) is 0 Å². The minimum Gasteiger partial charge on any atom is -0.469 e. The number of carbonyl (C=O) groups is 2. The van der Waals surface area contributed by atoms with Crippen molar-refractivity contribution in [1.82, 2.24) is 0 Å². The van der Waals surface area contributed by atoms with Crippen molar-refractivity contribution < 1.29 is 19.1 Å². The Morgan fingerprint density at radius 1 is 0.944 bits per heavy atom. The molecule has 0 atom stereocenters. The molecule has 2 aromatic rings. The van der Waals surface area contributed by atoms with Crippen molar-refractivity contribution in [3.05, 3.63) is 21.9 Å². The molecule has 0 saturated heterocycles. The molecule has 0 bridgehead atoms. The number of rotatable bonds is 4. The van der Waals surface area contributed by atoms with Gasteiger partial charge in [-0.15, -0.1) is 22.7 Å². The number of thiophene rings is 2. The molecule has 4 nitrogen and oxygen atoms in total. The highest BCUT2D eigenvalue weighted by Crippen LogP contribution is 2.33. The van der Waals surface area contributed by atoms with Crippen molar-refractivity contribution in [2.24, 2.45) is 0 Å². The van der Waals surface area contributed by atoms with Gasteiger partial charge in [-0.25, -0.2) is 0 Å². The summed E-state index contributed by atoms with van der Waals surface area (Å²) in [6, 6.07) is 3.95. The van der Waals surface area contributed by atoms with Crippen molar-refractivity contribution in [1.29, 1.82) is 0 Å². The maximum absolute atomic E-state index is 11.2. The van der Waals surface area contributed by atoms with Gasteiger partial charge in [-0.05, 0) is 12.1 Å². The first-order valence-electron chi connectivity index (χ1n) is 5.27. The van der Waals surface area contributed by atoms with E-state index in [1.165, 1.54) is 14.2 Å². The maximum Gasteiger partial charge on any atom is 0.310 e. The molecule has 0 radical (unpaired) electrons. The molecular formula is C12H12O4S2. The summed E-state index contributed by atoms with van der Waals surface area (Å²) in [7, 11) is 2.76. The van der Waals surface area contributed by atoms with Crippen LogP contribution < -0.4 is 0 Å². The Morgan fingerprint density at radius 3 is 1.67 bits per heavy atom. The predicted molar refractivity (Wildman–Crippen MR) is 71.1 cm³/mol. The van der Waals surface area contributed by atoms with E-state index in [0.29, 0.717) is 12.8 Å². The number of methoxy groups -OCH3 is 2. The Labute approximate surface area is 112 Å². The lowest BCUT2D eigenvalue weighted by atomic mass is 10.3. The minimum absolute atomic E-state index is 0.237. The third-order valence-corrected chi connectivity index (χ3v) is 4.69. The van der Waals surface area contributed by atoms with Crippen molar-refractivity contribution in [2.75, 3.05) is 14.2 Å². The second-order valence-electron chi connectivity index (χ2n) is 3.66. The fourth-order valence-corrected chi connectivity index (χ4v) is 3.96. The molecule has 0 spiro atoms. The molecule has 0 unspecified atom stereocenters. The second-order valence-corrected chi connectivity index (χ2v) is 6.00. The molecular weight excluding hydrogens is 272 g/mol. The standard InChI is InChI=1S/C12H12O4S2/c1-15-11(13)5-7-3-9-10(17-7)4-8(18-9)6-12(14)16-2/h3-4H,5-6H2,1-2H3. The molecule has 96 valence electrons. The van der Waals surface area contributed by atoms with E-state index in [1.54, 1.807) is 22.7 Å². The van der Waals surface area contributed by atoms with Crippen LogP contribution in [0.25, 0.3) is 9.40 Å². The highest BCUT2D eigenvalue weighted by Gasteiger charge is 2.12. The molecule has 2 aromatic heterocycles. The van der Waals surface area contributed by atoms with Crippen LogP contribution in [0.15, 0.2) is 12.1 Å². The van der Waals surface area contributed by atoms with Gasteiger partial charge >= 0.3 is 11.9 Å². The van der Waals surface area contributed by atoms with E-state index in [4.69, 9.17) is 0 Å². The van der Waals surface area contributed by atoms with Crippen molar-refractivity contribution in [3.63, 3.8) is 0 Å². The highest BCUT2D eigenvalue weighted by atomic mass is 32.1. The predicted octanol–water partition coefficient (Wildman–Crippen LogP) is 2.39. The summed E-state index contributed by atoms with van der Waals surface area (Å²) in [5.41, 5.74) is 0. The normalized spacial score (nSPS) is 10.6. The molecule has 0 aliphatic rings. The third kappa shape index (κ3) is 2.88. The third-order valence-electron chi connectivity index (χ3n) is 2.40. The SMILES string of the molecule is COC(=O)Cc1cc2sc(CC(=O)OC)cc2s1. The topological polar surface area (TPSA) is 52.6 Å². The number of hydrogen-bond acceptors (Lipinski definition) is 6. The van der Waals surface area contributed by atoms with Crippen LogP contribution >= 0.6 is 22.7 Å². The molecule has 2 rings (SSSR count). The van der Waals surface area contributed by atoms with Gasteiger partial charge in [0.1, 0.15) is 0 Å². The van der Waals surface area contributed by atoms with Crippen LogP contribution in [0.2, 0.25) is 0 Å². The highest BCUT2D eigenvalue weighted by molar-refractivity contribution is 7.27. The van der Waals surface area contributed by atoms with Gasteiger partial charge in [0.2, 0.25) is 0 Å². The summed E-state index contributed by atoms with van der Waals surface area (Å²) in [5, 5.41) is 0. The zero-order chi connectivity index (χ0) is 13.1. The van der Waals surface area contributed by atoms with Crippen molar-refractivity contribution in [2.45, 2.75) is 12.8 Å². The summed E-state index contributed by atoms with van der Waals surface area (Å²) >= 11 is 3.11. The van der Waals surface area contributed by atoms with Crippen LogP contribution in [0.1, 0.15) is 9.75 Å². The largest absolute Gasteiger partial charge is 0.469 e. The summed E-state index contributed by atoms with van der Waals surface area (Å²) in [5.74, 6) is -0.475. The Kier molecular flexibility index (Phi) is 3.98. The van der Waals surface area contributed by atoms with E-state index in [1.807, 2.05) is 12.1 Å². The molecule has 0 fully saturated rings. The van der Waals surface area contributed by atoms with Gasteiger partial charge < -0.3 is 9.47 Å². The quantitative estimate of drug-likeness (QED) is 0.809. The van der Waals surface area contributed by atoms with Crippen LogP contribution in [0.3, 0.4) is 0 Å². The Morgan fingerprint density at radius 2 is 1.33 bits per heavy atom. The zero-order valence-corrected chi connectivity index (χ0v) is 11.7. The van der Waals surface area contributed by atoms with E-state index in [0.717, 1.165) is 19.2 Å². The monoisotopic (exact) mass is 284 g/mol. The average Bonchev–Trinajstić information content (AvgIpc) is 2.86. The maximum atomic E-state index is 11.2. The summed E-state index contributed by atoms with van der Waals surface area (Å²) < 4.78 is 11.4. The van der Waals surface area contributed by atoms with Gasteiger partial charge in [0.25, 0.3) is 0 Å². The Hall–Kier alpha value is -1.40. The van der Waals surface area contributed by atoms with Crippen LogP contribution in [0.4, 0.5) is 0 Å². The van der Waals surface area contributed by atoms with Gasteiger partial charge in [0.05, 0.1) is 27.1 Å². The molecule has 18 heavy (non-hydrogen) atoms. The summed E-state index contributed by atoms with van der Waals surface area (Å²) in [6.07, 6.45) is 0.601. The first kappa shape index (κ1) is 13.0. The molecule has 6 heteroatoms. The molecule has 0 aromatic carbocycles. The van der Waals surface area contributed by atoms with Crippen molar-refractivity contribution >= 4 is 44.0 Å². The number of carbonyl (C=O) groups excluding carboxylic acids is 2. The van der Waals surface area contributed by atoms with Gasteiger partial charge in [0, 0.05) is 19.2 Å². The Balaban J connectivity index is 2.14. The van der Waals surface area contributed by atoms with Crippen LogP contribution in [0.5, 0.6) is 0 Å². The minimum atomic E-state index is -0.237. The number of hydrogen-bond donors (Lipinski definition) is 0. The second kappa shape index (κ2) is 5.49. The molecule has 0 N–H and O–H groups in total. The van der Waals surface area contributed by atoms with E-state index < -0.39 is 0 Å². The average molecular weight is 284 g/mol. The lowest BCUT2D eigenvalue weighted by Crippen LogP contribution is -2.02. The molecule has 0 amide bonds. The first-order chi connectivity index (χ1) is 8.62. The van der Waals surface area contributed by atoms with Gasteiger partial charge in [-0.2, -0.15) is 0 Å². The first-order valence-corrected chi connectivity index (χ1v) is 6.90. The zero-order valence-electron chi connectivity index (χ0n) is 10.0. The molecule has 2 heterocycles. The van der Waals surface area contributed by atoms with E-state index >= 15 is 0 Å². The lowest BCUT2D eigenvalue weighted by Gasteiger charge is -1.95.